The topological polar surface area (TPSA) is 94.1 Å². The average Bonchev–Trinajstić information content (AvgIpc) is 3.09. The van der Waals surface area contributed by atoms with Crippen LogP contribution in [0.25, 0.3) is 11.5 Å². The van der Waals surface area contributed by atoms with E-state index in [1.165, 1.54) is 6.07 Å². The van der Waals surface area contributed by atoms with Gasteiger partial charge in [0.1, 0.15) is 5.76 Å². The molecule has 7 heteroatoms. The molecule has 1 aromatic carbocycles. The van der Waals surface area contributed by atoms with Gasteiger partial charge in [0.2, 0.25) is 5.89 Å². The third-order valence-corrected chi connectivity index (χ3v) is 2.80. The minimum atomic E-state index is -0.467. The lowest BCUT2D eigenvalue weighted by molar-refractivity contribution is 0.101. The molecule has 0 unspecified atom stereocenters. The maximum absolute atomic E-state index is 11.9. The molecule has 2 heterocycles. The lowest BCUT2D eigenvalue weighted by Crippen LogP contribution is -2.12. The maximum Gasteiger partial charge on any atom is 0.322 e. The maximum atomic E-state index is 11.9. The number of hydrogen-bond acceptors (Lipinski definition) is 6. The van der Waals surface area contributed by atoms with Crippen molar-refractivity contribution in [3.8, 4) is 11.5 Å². The van der Waals surface area contributed by atoms with Crippen LogP contribution in [0.15, 0.2) is 39.3 Å². The predicted octanol–water partition coefficient (Wildman–Crippen LogP) is 2.59. The molecule has 106 valence electrons. The van der Waals surface area contributed by atoms with Gasteiger partial charge < -0.3 is 8.94 Å². The largest absolute Gasteiger partial charge is 0.403 e. The molecular weight excluding hydrogens is 272 g/mol. The number of aromatic nitrogens is 3. The molecule has 0 radical (unpaired) electrons. The van der Waals surface area contributed by atoms with Crippen LogP contribution in [-0.4, -0.2) is 21.3 Å². The van der Waals surface area contributed by atoms with Crippen molar-refractivity contribution < 1.29 is 13.7 Å². The van der Waals surface area contributed by atoms with E-state index >= 15 is 0 Å². The van der Waals surface area contributed by atoms with E-state index in [9.17, 15) is 4.79 Å². The van der Waals surface area contributed by atoms with Crippen LogP contribution in [0.4, 0.5) is 6.01 Å². The second kappa shape index (κ2) is 5.20. The lowest BCUT2D eigenvalue weighted by atomic mass is 10.1. The summed E-state index contributed by atoms with van der Waals surface area (Å²) in [4.78, 5) is 11.9. The highest BCUT2D eigenvalue weighted by Crippen LogP contribution is 2.20. The van der Waals surface area contributed by atoms with Crippen LogP contribution < -0.4 is 5.32 Å². The van der Waals surface area contributed by atoms with Gasteiger partial charge in [-0.25, -0.2) is 0 Å². The highest BCUT2D eigenvalue weighted by molar-refractivity contribution is 6.01. The van der Waals surface area contributed by atoms with Gasteiger partial charge >= 0.3 is 6.01 Å². The third-order valence-electron chi connectivity index (χ3n) is 2.80. The van der Waals surface area contributed by atoms with Crippen molar-refractivity contribution in [1.82, 2.24) is 15.4 Å². The standard InChI is InChI=1S/C14H12N4O3/c1-8-3-5-10(6-4-8)13-16-17-14(20-13)15-12(19)11-7-9(2)21-18-11/h3-7H,1-2H3,(H,15,17,19). The molecule has 0 saturated carbocycles. The predicted molar refractivity (Wildman–Crippen MR) is 73.7 cm³/mol. The molecule has 0 aliphatic rings. The molecular formula is C14H12N4O3. The number of carbonyl (C=O) groups is 1. The van der Waals surface area contributed by atoms with Crippen LogP contribution in [0.5, 0.6) is 0 Å². The van der Waals surface area contributed by atoms with E-state index in [1.54, 1.807) is 6.92 Å². The molecule has 1 N–H and O–H groups in total. The zero-order chi connectivity index (χ0) is 14.8. The van der Waals surface area contributed by atoms with Crippen molar-refractivity contribution in [2.45, 2.75) is 13.8 Å². The monoisotopic (exact) mass is 284 g/mol. The van der Waals surface area contributed by atoms with Crippen LogP contribution in [-0.2, 0) is 0 Å². The van der Waals surface area contributed by atoms with E-state index in [4.69, 9.17) is 8.94 Å². The Morgan fingerprint density at radius 2 is 1.90 bits per heavy atom. The molecule has 0 atom stereocenters. The molecule has 21 heavy (non-hydrogen) atoms. The Balaban J connectivity index is 1.76. The Kier molecular flexibility index (Phi) is 3.23. The summed E-state index contributed by atoms with van der Waals surface area (Å²) in [6.45, 7) is 3.69. The van der Waals surface area contributed by atoms with E-state index in [1.807, 2.05) is 31.2 Å². The Hall–Kier alpha value is -2.96. The van der Waals surface area contributed by atoms with Crippen LogP contribution in [0.2, 0.25) is 0 Å². The van der Waals surface area contributed by atoms with E-state index in [-0.39, 0.29) is 11.7 Å². The smallest absolute Gasteiger partial charge is 0.322 e. The highest BCUT2D eigenvalue weighted by atomic mass is 16.5. The van der Waals surface area contributed by atoms with Crippen molar-refractivity contribution in [3.63, 3.8) is 0 Å². The average molecular weight is 284 g/mol. The first-order chi connectivity index (χ1) is 10.1. The molecule has 3 rings (SSSR count). The quantitative estimate of drug-likeness (QED) is 0.794. The van der Waals surface area contributed by atoms with Gasteiger partial charge in [0, 0.05) is 11.6 Å². The molecule has 0 spiro atoms. The number of nitrogens with one attached hydrogen (secondary N) is 1. The second-order valence-corrected chi connectivity index (χ2v) is 4.56. The summed E-state index contributed by atoms with van der Waals surface area (Å²) in [6.07, 6.45) is 0. The zero-order valence-electron chi connectivity index (χ0n) is 11.5. The molecule has 0 aliphatic carbocycles. The van der Waals surface area contributed by atoms with Gasteiger partial charge in [-0.15, -0.1) is 5.10 Å². The number of amides is 1. The summed E-state index contributed by atoms with van der Waals surface area (Å²) in [7, 11) is 0. The minimum absolute atomic E-state index is 0.0104. The van der Waals surface area contributed by atoms with Gasteiger partial charge in [-0.1, -0.05) is 28.0 Å². The lowest BCUT2D eigenvalue weighted by Gasteiger charge is -1.96. The number of benzene rings is 1. The highest BCUT2D eigenvalue weighted by Gasteiger charge is 2.15. The molecule has 1 amide bonds. The van der Waals surface area contributed by atoms with Crippen LogP contribution in [0.3, 0.4) is 0 Å². The fourth-order valence-corrected chi connectivity index (χ4v) is 1.72. The van der Waals surface area contributed by atoms with Crippen molar-refractivity contribution in [3.05, 3.63) is 47.3 Å². The number of nitrogens with zero attached hydrogens (tertiary/aromatic N) is 3. The molecule has 0 aliphatic heterocycles. The van der Waals surface area contributed by atoms with Gasteiger partial charge in [0.05, 0.1) is 0 Å². The summed E-state index contributed by atoms with van der Waals surface area (Å²) in [5.41, 5.74) is 2.07. The van der Waals surface area contributed by atoms with E-state index in [0.717, 1.165) is 11.1 Å². The van der Waals surface area contributed by atoms with Crippen molar-refractivity contribution in [1.29, 1.82) is 0 Å². The SMILES string of the molecule is Cc1ccc(-c2nnc(NC(=O)c3cc(C)on3)o2)cc1. The minimum Gasteiger partial charge on any atom is -0.403 e. The van der Waals surface area contributed by atoms with Crippen molar-refractivity contribution in [2.24, 2.45) is 0 Å². The number of hydrogen-bond donors (Lipinski definition) is 1. The summed E-state index contributed by atoms with van der Waals surface area (Å²) < 4.78 is 10.2. The molecule has 0 saturated heterocycles. The van der Waals surface area contributed by atoms with Crippen molar-refractivity contribution in [2.75, 3.05) is 5.32 Å². The number of anilines is 1. The molecule has 0 bridgehead atoms. The first-order valence-corrected chi connectivity index (χ1v) is 6.27. The van der Waals surface area contributed by atoms with Crippen LogP contribution >= 0.6 is 0 Å². The van der Waals surface area contributed by atoms with Crippen LogP contribution in [0.1, 0.15) is 21.8 Å². The van der Waals surface area contributed by atoms with E-state index < -0.39 is 5.91 Å². The van der Waals surface area contributed by atoms with Crippen LogP contribution in [0, 0.1) is 13.8 Å². The van der Waals surface area contributed by atoms with E-state index in [0.29, 0.717) is 11.7 Å². The molecule has 0 fully saturated rings. The second-order valence-electron chi connectivity index (χ2n) is 4.56. The number of carbonyl (C=O) groups excluding carboxylic acids is 1. The number of aryl methyl sites for hydroxylation is 2. The normalized spacial score (nSPS) is 10.6. The molecule has 7 nitrogen and oxygen atoms in total. The van der Waals surface area contributed by atoms with Crippen molar-refractivity contribution >= 4 is 11.9 Å². The summed E-state index contributed by atoms with van der Waals surface area (Å²) in [6, 6.07) is 9.15. The van der Waals surface area contributed by atoms with Gasteiger partial charge in [-0.05, 0) is 26.0 Å². The fourth-order valence-electron chi connectivity index (χ4n) is 1.72. The fraction of sp³-hybridized carbons (Fsp3) is 0.143. The third kappa shape index (κ3) is 2.81. The summed E-state index contributed by atoms with van der Waals surface area (Å²) in [5.74, 6) is 0.415. The van der Waals surface area contributed by atoms with Gasteiger partial charge in [-0.3, -0.25) is 10.1 Å². The number of rotatable bonds is 3. The van der Waals surface area contributed by atoms with E-state index in [2.05, 4.69) is 20.7 Å². The molecule has 3 aromatic rings. The summed E-state index contributed by atoms with van der Waals surface area (Å²) >= 11 is 0. The Morgan fingerprint density at radius 1 is 1.14 bits per heavy atom. The molecule has 2 aromatic heterocycles. The Bertz CT molecular complexity index is 774. The van der Waals surface area contributed by atoms with Gasteiger partial charge in [0.15, 0.2) is 5.69 Å². The Morgan fingerprint density at radius 3 is 2.57 bits per heavy atom. The van der Waals surface area contributed by atoms with Gasteiger partial charge in [-0.2, -0.15) is 0 Å². The zero-order valence-corrected chi connectivity index (χ0v) is 11.5. The summed E-state index contributed by atoms with van der Waals surface area (Å²) in [5, 5.41) is 13.8. The Labute approximate surface area is 120 Å². The first-order valence-electron chi connectivity index (χ1n) is 6.27. The van der Waals surface area contributed by atoms with Gasteiger partial charge in [0.25, 0.3) is 5.91 Å². The first kappa shape index (κ1) is 13.0.